The summed E-state index contributed by atoms with van der Waals surface area (Å²) in [6, 6.07) is 0. The van der Waals surface area contributed by atoms with E-state index in [9.17, 15) is 4.79 Å². The Bertz CT molecular complexity index is 333. The Labute approximate surface area is 104 Å². The van der Waals surface area contributed by atoms with Crippen LogP contribution >= 0.6 is 0 Å². The summed E-state index contributed by atoms with van der Waals surface area (Å²) in [7, 11) is 0. The van der Waals surface area contributed by atoms with Gasteiger partial charge in [-0.3, -0.25) is 14.8 Å². The fraction of sp³-hybridized carbons (Fsp3) is 0.778. The summed E-state index contributed by atoms with van der Waals surface area (Å²) in [6.45, 7) is 9.52. The van der Waals surface area contributed by atoms with Gasteiger partial charge >= 0.3 is 0 Å². The van der Waals surface area contributed by atoms with E-state index in [2.05, 4.69) is 22.0 Å². The van der Waals surface area contributed by atoms with Crippen LogP contribution in [0.2, 0.25) is 0 Å². The van der Waals surface area contributed by atoms with Crippen LogP contribution in [0.1, 0.15) is 26.6 Å². The Morgan fingerprint density at radius 3 is 2.67 bits per heavy atom. The van der Waals surface area contributed by atoms with Crippen molar-refractivity contribution in [3.05, 3.63) is 16.3 Å². The largest absolute Gasteiger partial charge is 0.396 e. The first kappa shape index (κ1) is 14.6. The summed E-state index contributed by atoms with van der Waals surface area (Å²) in [6.07, 6.45) is 0. The van der Waals surface area contributed by atoms with Gasteiger partial charge in [0.15, 0.2) is 5.69 Å². The van der Waals surface area contributed by atoms with Crippen molar-refractivity contribution in [3.8, 4) is 0 Å². The van der Waals surface area contributed by atoms with Crippen LogP contribution in [0.25, 0.3) is 0 Å². The second kappa shape index (κ2) is 6.94. The number of hydrogen-bond donors (Lipinski definition) is 0. The molecule has 0 aromatic carbocycles. The van der Waals surface area contributed by atoms with Crippen molar-refractivity contribution in [1.29, 1.82) is 0 Å². The summed E-state index contributed by atoms with van der Waals surface area (Å²) in [5.74, 6) is 0.799. The molecule has 0 saturated carbocycles. The molecule has 2 heterocycles. The molecule has 2 rings (SSSR count). The zero-order valence-electron chi connectivity index (χ0n) is 9.40. The van der Waals surface area contributed by atoms with Gasteiger partial charge in [-0.25, -0.2) is 0 Å². The van der Waals surface area contributed by atoms with E-state index in [-0.39, 0.29) is 26.1 Å². The van der Waals surface area contributed by atoms with Crippen LogP contribution in [0.15, 0.2) is 4.79 Å². The second-order valence-corrected chi connectivity index (χ2v) is 2.92. The van der Waals surface area contributed by atoms with Gasteiger partial charge in [-0.15, -0.1) is 0 Å². The average molecular weight is 383 g/mol. The van der Waals surface area contributed by atoms with E-state index in [4.69, 9.17) is 0 Å². The molecular formula is C9H17N4ORe-. The molecule has 1 aliphatic heterocycles. The summed E-state index contributed by atoms with van der Waals surface area (Å²) in [5, 5.41) is 7.31. The monoisotopic (exact) mass is 384 g/mol. The Kier molecular flexibility index (Phi) is 6.74. The van der Waals surface area contributed by atoms with Gasteiger partial charge in [0, 0.05) is 32.8 Å². The molecule has 0 saturated heterocycles. The molecule has 0 N–H and O–H groups in total. The maximum atomic E-state index is 11.0. The van der Waals surface area contributed by atoms with Crippen molar-refractivity contribution in [1.82, 2.24) is 19.7 Å². The van der Waals surface area contributed by atoms with Crippen LogP contribution in [0.3, 0.4) is 0 Å². The fourth-order valence-corrected chi connectivity index (χ4v) is 1.45. The van der Waals surface area contributed by atoms with E-state index >= 15 is 0 Å². The normalized spacial score (nSPS) is 14.6. The number of likely N-dealkylation sites (N-methyl/N-ethyl adjacent to an activating group) is 1. The van der Waals surface area contributed by atoms with Gasteiger partial charge in [0.2, 0.25) is 0 Å². The summed E-state index contributed by atoms with van der Waals surface area (Å²) in [5.41, 5.74) is -0.208. The van der Waals surface area contributed by atoms with Gasteiger partial charge < -0.3 is 9.67 Å². The maximum absolute atomic E-state index is 11.0. The van der Waals surface area contributed by atoms with Crippen LogP contribution < -0.4 is 10.8 Å². The number of fused-ring (bicyclic) bond motifs is 1. The topological polar surface area (TPSA) is 52.2 Å². The molecule has 0 aliphatic carbocycles. The van der Waals surface area contributed by atoms with Gasteiger partial charge in [-0.05, 0) is 19.6 Å². The van der Waals surface area contributed by atoms with Gasteiger partial charge in [0.1, 0.15) is 0 Å². The van der Waals surface area contributed by atoms with Crippen molar-refractivity contribution in [2.24, 2.45) is 0 Å². The third kappa shape index (κ3) is 3.27. The van der Waals surface area contributed by atoms with Crippen LogP contribution in [-0.4, -0.2) is 27.7 Å². The molecule has 1 aromatic heterocycles. The Balaban J connectivity index is 0.000000617. The Morgan fingerprint density at radius 1 is 1.40 bits per heavy atom. The summed E-state index contributed by atoms with van der Waals surface area (Å²) < 4.78 is 1.64. The van der Waals surface area contributed by atoms with E-state index < -0.39 is 0 Å². The molecule has 5 nitrogen and oxygen atoms in total. The molecule has 1 aromatic rings. The predicted molar refractivity (Wildman–Crippen MR) is 54.1 cm³/mol. The third-order valence-corrected chi connectivity index (χ3v) is 2.25. The average Bonchev–Trinajstić information content (AvgIpc) is 2.63. The van der Waals surface area contributed by atoms with E-state index in [0.717, 1.165) is 32.0 Å². The zero-order chi connectivity index (χ0) is 10.6. The number of rotatable bonds is 1. The van der Waals surface area contributed by atoms with E-state index in [1.807, 2.05) is 13.8 Å². The number of aromatic nitrogens is 3. The quantitative estimate of drug-likeness (QED) is 0.688. The summed E-state index contributed by atoms with van der Waals surface area (Å²) >= 11 is 0. The number of nitrogens with zero attached hydrogens (tertiary/aromatic N) is 4. The minimum atomic E-state index is -0.208. The molecule has 0 atom stereocenters. The predicted octanol–water partition coefficient (Wildman–Crippen LogP) is 0.0597. The van der Waals surface area contributed by atoms with Crippen molar-refractivity contribution in [2.45, 2.75) is 33.9 Å². The maximum Gasteiger partial charge on any atom is 0.178 e. The van der Waals surface area contributed by atoms with Crippen LogP contribution in [-0.2, 0) is 33.5 Å². The molecule has 87 valence electrons. The van der Waals surface area contributed by atoms with Crippen LogP contribution in [0, 0.1) is 0 Å². The molecular weight excluding hydrogens is 366 g/mol. The molecule has 0 unspecified atom stereocenters. The van der Waals surface area contributed by atoms with Crippen molar-refractivity contribution >= 4 is 0 Å². The molecule has 6 heteroatoms. The summed E-state index contributed by atoms with van der Waals surface area (Å²) in [4.78, 5) is 13.3. The Hall–Kier alpha value is -0.438. The van der Waals surface area contributed by atoms with E-state index in [1.54, 1.807) is 4.57 Å². The molecule has 0 spiro atoms. The first-order chi connectivity index (χ1) is 6.81. The fourth-order valence-electron chi connectivity index (χ4n) is 1.45. The van der Waals surface area contributed by atoms with Crippen molar-refractivity contribution in [2.75, 3.05) is 13.1 Å². The standard InChI is InChI=1S/C7H12N4O.C2H6.Re/c1-2-10-3-4-11-6(5-10)8-9-7(11)12;1-2;/h2-5H2,1H3,(H,9,12);1-2H3;/p-1. The van der Waals surface area contributed by atoms with E-state index in [1.165, 1.54) is 0 Å². The molecule has 1 radical (unpaired) electrons. The third-order valence-electron chi connectivity index (χ3n) is 2.25. The van der Waals surface area contributed by atoms with E-state index in [0.29, 0.717) is 0 Å². The van der Waals surface area contributed by atoms with Gasteiger partial charge in [0.05, 0.1) is 0 Å². The zero-order valence-corrected chi connectivity index (χ0v) is 12.1. The molecule has 15 heavy (non-hydrogen) atoms. The first-order valence-electron chi connectivity index (χ1n) is 5.12. The van der Waals surface area contributed by atoms with Gasteiger partial charge in [-0.1, -0.05) is 20.8 Å². The van der Waals surface area contributed by atoms with Gasteiger partial charge in [-0.2, -0.15) is 0 Å². The smallest absolute Gasteiger partial charge is 0.178 e. The molecule has 0 amide bonds. The van der Waals surface area contributed by atoms with Crippen molar-refractivity contribution < 1.29 is 20.4 Å². The minimum absolute atomic E-state index is 0. The van der Waals surface area contributed by atoms with Crippen molar-refractivity contribution in [3.63, 3.8) is 0 Å². The molecule has 1 aliphatic rings. The number of hydrogen-bond acceptors (Lipinski definition) is 3. The van der Waals surface area contributed by atoms with Crippen LogP contribution in [0.4, 0.5) is 0 Å². The minimum Gasteiger partial charge on any atom is -0.396 e. The molecule has 0 fully saturated rings. The van der Waals surface area contributed by atoms with Crippen LogP contribution in [0.5, 0.6) is 0 Å². The second-order valence-electron chi connectivity index (χ2n) is 2.92. The van der Waals surface area contributed by atoms with Gasteiger partial charge in [0.25, 0.3) is 0 Å². The SMILES string of the molecule is CC.CCN1CCn2c(n[n-]c2=O)C1.[Re]. The first-order valence-corrected chi connectivity index (χ1v) is 5.12. The Morgan fingerprint density at radius 2 is 2.07 bits per heavy atom. The molecule has 0 bridgehead atoms.